The molecule has 7 heteroatoms. The van der Waals surface area contributed by atoms with Gasteiger partial charge in [0.25, 0.3) is 0 Å². The van der Waals surface area contributed by atoms with Crippen LogP contribution in [-0.4, -0.2) is 33.2 Å². The number of hydrogen-bond donors (Lipinski definition) is 0. The second-order valence-corrected chi connectivity index (χ2v) is 16.7. The maximum Gasteiger partial charge on any atom is 0.240 e. The maximum atomic E-state index is 5.67. The smallest absolute Gasteiger partial charge is 0.240 e. The highest BCUT2D eigenvalue weighted by molar-refractivity contribution is 6.25. The Bertz CT molecular complexity index is 4120. The molecule has 0 amide bonds. The summed E-state index contributed by atoms with van der Waals surface area (Å²) < 4.78 is 9.42. The summed E-state index contributed by atoms with van der Waals surface area (Å²) in [5, 5.41) is 9.28. The van der Waals surface area contributed by atoms with Gasteiger partial charge in [0.15, 0.2) is 5.82 Å². The monoisotopic (exact) mass is 819 g/mol. The number of nitrogens with zero attached hydrogens (tertiary/aromatic N) is 7. The van der Waals surface area contributed by atoms with Gasteiger partial charge in [0, 0.05) is 60.0 Å². The quantitative estimate of drug-likeness (QED) is 0.174. The third-order valence-corrected chi connectivity index (χ3v) is 13.2. The molecular formula is C57H37N7. The van der Waals surface area contributed by atoms with Crippen molar-refractivity contribution >= 4 is 92.9 Å². The Kier molecular flexibility index (Phi) is 7.39. The molecule has 1 aliphatic rings. The standard InChI is InChI=1S/C57H37N7/c1-4-18-36(19-5-1)55-58-56(63-49-30-16-12-26-41(49)45-34-32-43-39-24-10-14-28-47(39)61(51(43)53(45)63)37-20-6-2-7-21-37)60-57(59-55)64-50-31-17-13-27-42(50)46-35-33-44-40-25-11-15-29-48(40)62(52(44)54(46)64)38-22-8-3-9-23-38/h1-2,4-8,10-35H,3,9H2. The van der Waals surface area contributed by atoms with E-state index in [1.807, 2.05) is 6.07 Å². The molecule has 5 heterocycles. The molecule has 5 aromatic heterocycles. The van der Waals surface area contributed by atoms with Crippen molar-refractivity contribution in [2.45, 2.75) is 12.8 Å². The van der Waals surface area contributed by atoms with Crippen molar-refractivity contribution in [2.75, 3.05) is 0 Å². The van der Waals surface area contributed by atoms with Gasteiger partial charge in [-0.3, -0.25) is 9.13 Å². The lowest BCUT2D eigenvalue weighted by Gasteiger charge is -2.16. The summed E-state index contributed by atoms with van der Waals surface area (Å²) in [6.45, 7) is 0. The van der Waals surface area contributed by atoms with Crippen LogP contribution in [0.2, 0.25) is 0 Å². The zero-order valence-electron chi connectivity index (χ0n) is 34.6. The van der Waals surface area contributed by atoms with Crippen LogP contribution in [-0.2, 0) is 0 Å². The SMILES string of the molecule is C1=CC(n2c3ccccc3c3ccc4c5ccccc5n(-c5nc(-c6ccccc6)nc(-n6c7ccccc7c7ccc8c9ccccc9n(-c9ccccc9)c8c76)n5)c4c32)=CCC1. The number of allylic oxidation sites excluding steroid dienone is 4. The molecular weight excluding hydrogens is 783 g/mol. The second kappa shape index (κ2) is 13.5. The summed E-state index contributed by atoms with van der Waals surface area (Å²) in [4.78, 5) is 16.6. The molecule has 14 rings (SSSR count). The molecule has 0 fully saturated rings. The zero-order valence-corrected chi connectivity index (χ0v) is 34.6. The number of aromatic nitrogens is 7. The molecule has 8 aromatic carbocycles. The minimum atomic E-state index is 0.545. The Labute approximate surface area is 366 Å². The van der Waals surface area contributed by atoms with Gasteiger partial charge in [0.1, 0.15) is 0 Å². The Hall–Kier alpha value is -8.55. The van der Waals surface area contributed by atoms with Gasteiger partial charge >= 0.3 is 0 Å². The Morgan fingerprint density at radius 1 is 0.328 bits per heavy atom. The minimum absolute atomic E-state index is 0.545. The molecule has 0 saturated heterocycles. The summed E-state index contributed by atoms with van der Waals surface area (Å²) in [6, 6.07) is 64.9. The van der Waals surface area contributed by atoms with Crippen molar-refractivity contribution in [3.8, 4) is 29.0 Å². The highest BCUT2D eigenvalue weighted by atomic mass is 15.3. The van der Waals surface area contributed by atoms with Gasteiger partial charge in [-0.2, -0.15) is 15.0 Å². The Balaban J connectivity index is 1.17. The first-order chi connectivity index (χ1) is 31.8. The second-order valence-electron chi connectivity index (χ2n) is 16.7. The summed E-state index contributed by atoms with van der Waals surface area (Å²) >= 11 is 0. The third-order valence-electron chi connectivity index (χ3n) is 13.2. The Morgan fingerprint density at radius 2 is 0.734 bits per heavy atom. The number of benzene rings is 8. The molecule has 0 saturated carbocycles. The van der Waals surface area contributed by atoms with E-state index in [1.165, 1.54) is 27.4 Å². The summed E-state index contributed by atoms with van der Waals surface area (Å²) in [7, 11) is 0. The van der Waals surface area contributed by atoms with Gasteiger partial charge in [-0.1, -0.05) is 158 Å². The first-order valence-electron chi connectivity index (χ1n) is 22.0. The first kappa shape index (κ1) is 35.1. The van der Waals surface area contributed by atoms with E-state index < -0.39 is 0 Å². The molecule has 13 aromatic rings. The van der Waals surface area contributed by atoms with E-state index in [2.05, 4.69) is 212 Å². The molecule has 7 nitrogen and oxygen atoms in total. The minimum Gasteiger partial charge on any atom is -0.308 e. The van der Waals surface area contributed by atoms with Crippen LogP contribution >= 0.6 is 0 Å². The van der Waals surface area contributed by atoms with Crippen molar-refractivity contribution in [1.29, 1.82) is 0 Å². The van der Waals surface area contributed by atoms with E-state index >= 15 is 0 Å². The van der Waals surface area contributed by atoms with Crippen molar-refractivity contribution in [2.24, 2.45) is 0 Å². The predicted octanol–water partition coefficient (Wildman–Crippen LogP) is 14.1. The molecule has 0 unspecified atom stereocenters. The van der Waals surface area contributed by atoms with Crippen LogP contribution in [0.3, 0.4) is 0 Å². The van der Waals surface area contributed by atoms with Gasteiger partial charge in [-0.05, 0) is 55.3 Å². The molecule has 1 aliphatic carbocycles. The van der Waals surface area contributed by atoms with E-state index in [-0.39, 0.29) is 0 Å². The fourth-order valence-electron chi connectivity index (χ4n) is 10.6. The lowest BCUT2D eigenvalue weighted by Crippen LogP contribution is -2.11. The van der Waals surface area contributed by atoms with Crippen LogP contribution in [0.25, 0.3) is 122 Å². The first-order valence-corrected chi connectivity index (χ1v) is 22.0. The van der Waals surface area contributed by atoms with E-state index in [9.17, 15) is 0 Å². The van der Waals surface area contributed by atoms with Crippen molar-refractivity contribution in [3.05, 3.63) is 200 Å². The Morgan fingerprint density at radius 3 is 1.22 bits per heavy atom. The van der Waals surface area contributed by atoms with E-state index in [4.69, 9.17) is 15.0 Å². The van der Waals surface area contributed by atoms with Crippen LogP contribution in [0.1, 0.15) is 12.8 Å². The van der Waals surface area contributed by atoms with E-state index in [0.717, 1.165) is 89.6 Å². The molecule has 64 heavy (non-hydrogen) atoms. The summed E-state index contributed by atoms with van der Waals surface area (Å²) in [6.07, 6.45) is 8.95. The number of rotatable bonds is 5. The fraction of sp³-hybridized carbons (Fsp3) is 0.0351. The zero-order chi connectivity index (χ0) is 41.9. The highest BCUT2D eigenvalue weighted by Gasteiger charge is 2.26. The van der Waals surface area contributed by atoms with Crippen LogP contribution in [0.5, 0.6) is 0 Å². The molecule has 0 N–H and O–H groups in total. The van der Waals surface area contributed by atoms with Gasteiger partial charge in [-0.15, -0.1) is 0 Å². The number of fused-ring (bicyclic) bond motifs is 14. The van der Waals surface area contributed by atoms with Crippen LogP contribution in [0.4, 0.5) is 0 Å². The van der Waals surface area contributed by atoms with Crippen molar-refractivity contribution in [1.82, 2.24) is 33.2 Å². The van der Waals surface area contributed by atoms with Gasteiger partial charge < -0.3 is 9.13 Å². The van der Waals surface area contributed by atoms with Gasteiger partial charge in [0.2, 0.25) is 11.9 Å². The molecule has 300 valence electrons. The van der Waals surface area contributed by atoms with Crippen molar-refractivity contribution < 1.29 is 0 Å². The third kappa shape index (κ3) is 4.89. The molecule has 0 spiro atoms. The van der Waals surface area contributed by atoms with Gasteiger partial charge in [-0.25, -0.2) is 0 Å². The summed E-state index contributed by atoms with van der Waals surface area (Å²) in [5.41, 5.74) is 11.9. The van der Waals surface area contributed by atoms with Crippen LogP contribution in [0.15, 0.2) is 200 Å². The fourth-order valence-corrected chi connectivity index (χ4v) is 10.6. The lowest BCUT2D eigenvalue weighted by atomic mass is 10.1. The normalized spacial score (nSPS) is 13.2. The van der Waals surface area contributed by atoms with Crippen LogP contribution < -0.4 is 0 Å². The van der Waals surface area contributed by atoms with Crippen LogP contribution in [0, 0.1) is 0 Å². The molecule has 0 atom stereocenters. The number of hydrogen-bond acceptors (Lipinski definition) is 3. The largest absolute Gasteiger partial charge is 0.308 e. The summed E-state index contributed by atoms with van der Waals surface area (Å²) in [5.74, 6) is 1.69. The molecule has 0 aliphatic heterocycles. The average Bonchev–Trinajstić information content (AvgIpc) is 4.10. The van der Waals surface area contributed by atoms with Gasteiger partial charge in [0.05, 0.1) is 44.1 Å². The number of para-hydroxylation sites is 5. The van der Waals surface area contributed by atoms with E-state index in [1.54, 1.807) is 0 Å². The molecule has 0 radical (unpaired) electrons. The maximum absolute atomic E-state index is 5.67. The average molecular weight is 820 g/mol. The lowest BCUT2D eigenvalue weighted by molar-refractivity contribution is 0.893. The van der Waals surface area contributed by atoms with Crippen molar-refractivity contribution in [3.63, 3.8) is 0 Å². The van der Waals surface area contributed by atoms with E-state index in [0.29, 0.717) is 17.7 Å². The highest BCUT2D eigenvalue weighted by Crippen LogP contribution is 2.44. The topological polar surface area (TPSA) is 58.4 Å². The molecule has 0 bridgehead atoms. The predicted molar refractivity (Wildman–Crippen MR) is 264 cm³/mol.